The van der Waals surface area contributed by atoms with E-state index >= 15 is 0 Å². The van der Waals surface area contributed by atoms with E-state index in [0.29, 0.717) is 17.8 Å². The maximum absolute atomic E-state index is 11.3. The number of nitriles is 1. The zero-order valence-corrected chi connectivity index (χ0v) is 10.7. The van der Waals surface area contributed by atoms with Crippen LogP contribution in [0.2, 0.25) is 0 Å². The number of nitro groups is 1. The average Bonchev–Trinajstić information content (AvgIpc) is 2.37. The summed E-state index contributed by atoms with van der Waals surface area (Å²) in [5, 5.41) is 25.1. The monoisotopic (exact) mass is 262 g/mol. The molecule has 7 heteroatoms. The maximum atomic E-state index is 11.3. The lowest BCUT2D eigenvalue weighted by molar-refractivity contribution is -0.385. The van der Waals surface area contributed by atoms with Gasteiger partial charge >= 0.3 is 0 Å². The number of likely N-dealkylation sites (N-methyl/N-ethyl adjacent to an activating group) is 1. The summed E-state index contributed by atoms with van der Waals surface area (Å²) < 4.78 is 0. The molecule has 1 aromatic rings. The van der Waals surface area contributed by atoms with Gasteiger partial charge < -0.3 is 10.6 Å². The lowest BCUT2D eigenvalue weighted by Gasteiger charge is -2.10. The van der Waals surface area contributed by atoms with Crippen LogP contribution < -0.4 is 10.6 Å². The molecule has 2 N–H and O–H groups in total. The molecular weight excluding hydrogens is 248 g/mol. The highest BCUT2D eigenvalue weighted by Crippen LogP contribution is 2.27. The minimum Gasteiger partial charge on any atom is -0.376 e. The third-order valence-corrected chi connectivity index (χ3v) is 2.52. The summed E-state index contributed by atoms with van der Waals surface area (Å²) in [6.07, 6.45) is 0. The van der Waals surface area contributed by atoms with Crippen LogP contribution in [0.5, 0.6) is 0 Å². The summed E-state index contributed by atoms with van der Waals surface area (Å²) >= 11 is 0. The number of hydrogen-bond donors (Lipinski definition) is 2. The fourth-order valence-electron chi connectivity index (χ4n) is 1.57. The van der Waals surface area contributed by atoms with Gasteiger partial charge in [0.25, 0.3) is 5.69 Å². The van der Waals surface area contributed by atoms with E-state index in [9.17, 15) is 14.9 Å². The van der Waals surface area contributed by atoms with Gasteiger partial charge in [0.05, 0.1) is 23.1 Å². The Morgan fingerprint density at radius 3 is 2.74 bits per heavy atom. The molecule has 0 aromatic heterocycles. The third kappa shape index (κ3) is 3.67. The molecular formula is C12H14N4O3. The van der Waals surface area contributed by atoms with Crippen LogP contribution >= 0.6 is 0 Å². The topological polar surface area (TPSA) is 108 Å². The van der Waals surface area contributed by atoms with Gasteiger partial charge in [0.2, 0.25) is 5.91 Å². The van der Waals surface area contributed by atoms with Crippen LogP contribution in [0.4, 0.5) is 11.4 Å². The molecule has 0 bridgehead atoms. The Bertz CT molecular complexity index is 549. The van der Waals surface area contributed by atoms with Gasteiger partial charge in [-0.1, -0.05) is 0 Å². The van der Waals surface area contributed by atoms with Crippen molar-refractivity contribution in [3.63, 3.8) is 0 Å². The number of amides is 1. The Kier molecular flexibility index (Phi) is 4.83. The second kappa shape index (κ2) is 6.35. The average molecular weight is 262 g/mol. The summed E-state index contributed by atoms with van der Waals surface area (Å²) in [6, 6.07) is 4.56. The number of nitrogens with zero attached hydrogens (tertiary/aromatic N) is 2. The van der Waals surface area contributed by atoms with Gasteiger partial charge in [0, 0.05) is 23.9 Å². The van der Waals surface area contributed by atoms with Crippen molar-refractivity contribution < 1.29 is 9.72 Å². The number of nitro benzene ring substituents is 1. The maximum Gasteiger partial charge on any atom is 0.275 e. The van der Waals surface area contributed by atoms with Gasteiger partial charge in [-0.2, -0.15) is 5.26 Å². The molecule has 1 aromatic carbocycles. The first kappa shape index (κ1) is 14.4. The molecule has 100 valence electrons. The summed E-state index contributed by atoms with van der Waals surface area (Å²) in [7, 11) is 0. The molecule has 0 saturated carbocycles. The first-order valence-electron chi connectivity index (χ1n) is 5.69. The highest BCUT2D eigenvalue weighted by atomic mass is 16.6. The number of anilines is 1. The Morgan fingerprint density at radius 2 is 2.21 bits per heavy atom. The number of nitrogens with one attached hydrogen (secondary N) is 2. The lowest BCUT2D eigenvalue weighted by Crippen LogP contribution is -2.29. The quantitative estimate of drug-likeness (QED) is 0.614. The van der Waals surface area contributed by atoms with Crippen LogP contribution in [-0.4, -0.2) is 23.9 Å². The van der Waals surface area contributed by atoms with Crippen molar-refractivity contribution in [1.82, 2.24) is 5.32 Å². The standard InChI is InChI=1S/C12H14N4O3/c1-3-14-12(17)7-15-10-4-9(6-13)5-11(8(10)2)16(18)19/h4-5,15H,3,7H2,1-2H3,(H,14,17). The van der Waals surface area contributed by atoms with Gasteiger partial charge in [-0.15, -0.1) is 0 Å². The summed E-state index contributed by atoms with van der Waals surface area (Å²) in [5.74, 6) is -0.216. The highest BCUT2D eigenvalue weighted by Gasteiger charge is 2.16. The second-order valence-corrected chi connectivity index (χ2v) is 3.84. The van der Waals surface area contributed by atoms with Gasteiger partial charge in [-0.25, -0.2) is 0 Å². The smallest absolute Gasteiger partial charge is 0.275 e. The molecule has 0 atom stereocenters. The Hall–Kier alpha value is -2.62. The summed E-state index contributed by atoms with van der Waals surface area (Å²) in [4.78, 5) is 21.7. The number of rotatable bonds is 5. The van der Waals surface area contributed by atoms with Crippen molar-refractivity contribution in [3.8, 4) is 6.07 Å². The van der Waals surface area contributed by atoms with E-state index in [1.54, 1.807) is 13.8 Å². The van der Waals surface area contributed by atoms with E-state index in [1.165, 1.54) is 12.1 Å². The molecule has 0 aliphatic heterocycles. The van der Waals surface area contributed by atoms with E-state index in [-0.39, 0.29) is 23.7 Å². The van der Waals surface area contributed by atoms with Crippen molar-refractivity contribution in [2.45, 2.75) is 13.8 Å². The van der Waals surface area contributed by atoms with Crippen LogP contribution in [0, 0.1) is 28.4 Å². The zero-order valence-electron chi connectivity index (χ0n) is 10.7. The Balaban J connectivity index is 3.00. The minimum absolute atomic E-state index is 0.000711. The predicted octanol–water partition coefficient (Wildman–Crippen LogP) is 1.32. The molecule has 0 saturated heterocycles. The third-order valence-electron chi connectivity index (χ3n) is 2.52. The number of carbonyl (C=O) groups excluding carboxylic acids is 1. The Morgan fingerprint density at radius 1 is 1.53 bits per heavy atom. The number of carbonyl (C=O) groups is 1. The van der Waals surface area contributed by atoms with Gasteiger partial charge in [-0.05, 0) is 19.9 Å². The molecule has 0 heterocycles. The van der Waals surface area contributed by atoms with E-state index < -0.39 is 4.92 Å². The van der Waals surface area contributed by atoms with Crippen molar-refractivity contribution in [2.24, 2.45) is 0 Å². The van der Waals surface area contributed by atoms with Crippen LogP contribution in [-0.2, 0) is 4.79 Å². The van der Waals surface area contributed by atoms with E-state index in [4.69, 9.17) is 5.26 Å². The number of hydrogen-bond acceptors (Lipinski definition) is 5. The molecule has 0 radical (unpaired) electrons. The molecule has 0 unspecified atom stereocenters. The molecule has 0 aliphatic carbocycles. The normalized spacial score (nSPS) is 9.53. The van der Waals surface area contributed by atoms with Crippen molar-refractivity contribution in [1.29, 1.82) is 5.26 Å². The molecule has 7 nitrogen and oxygen atoms in total. The molecule has 0 aliphatic rings. The summed E-state index contributed by atoms with van der Waals surface area (Å²) in [6.45, 7) is 3.88. The van der Waals surface area contributed by atoms with Crippen molar-refractivity contribution >= 4 is 17.3 Å². The van der Waals surface area contributed by atoms with E-state index in [2.05, 4.69) is 10.6 Å². The minimum atomic E-state index is -0.548. The molecule has 0 spiro atoms. The predicted molar refractivity (Wildman–Crippen MR) is 69.7 cm³/mol. The lowest BCUT2D eigenvalue weighted by atomic mass is 10.1. The van der Waals surface area contributed by atoms with Crippen LogP contribution in [0.3, 0.4) is 0 Å². The molecule has 19 heavy (non-hydrogen) atoms. The highest BCUT2D eigenvalue weighted by molar-refractivity contribution is 5.81. The van der Waals surface area contributed by atoms with Crippen LogP contribution in [0.1, 0.15) is 18.1 Å². The first-order valence-corrected chi connectivity index (χ1v) is 5.69. The number of benzene rings is 1. The van der Waals surface area contributed by atoms with E-state index in [0.717, 1.165) is 0 Å². The first-order chi connectivity index (χ1) is 8.99. The Labute approximate surface area is 110 Å². The zero-order chi connectivity index (χ0) is 14.4. The van der Waals surface area contributed by atoms with Gasteiger partial charge in [-0.3, -0.25) is 14.9 Å². The van der Waals surface area contributed by atoms with Gasteiger partial charge in [0.15, 0.2) is 0 Å². The van der Waals surface area contributed by atoms with Crippen molar-refractivity contribution in [3.05, 3.63) is 33.4 Å². The van der Waals surface area contributed by atoms with Gasteiger partial charge in [0.1, 0.15) is 0 Å². The second-order valence-electron chi connectivity index (χ2n) is 3.84. The molecule has 1 amide bonds. The fraction of sp³-hybridized carbons (Fsp3) is 0.333. The van der Waals surface area contributed by atoms with E-state index in [1.807, 2.05) is 6.07 Å². The molecule has 0 fully saturated rings. The SMILES string of the molecule is CCNC(=O)CNc1cc(C#N)cc([N+](=O)[O-])c1C. The van der Waals surface area contributed by atoms with Crippen molar-refractivity contribution in [2.75, 3.05) is 18.4 Å². The largest absolute Gasteiger partial charge is 0.376 e. The fourth-order valence-corrected chi connectivity index (χ4v) is 1.57. The van der Waals surface area contributed by atoms with Crippen LogP contribution in [0.15, 0.2) is 12.1 Å². The molecule has 1 rings (SSSR count). The van der Waals surface area contributed by atoms with Crippen LogP contribution in [0.25, 0.3) is 0 Å². The summed E-state index contributed by atoms with van der Waals surface area (Å²) in [5.41, 5.74) is 0.846.